The number of nitrogens with zero attached hydrogens (tertiary/aromatic N) is 3. The summed E-state index contributed by atoms with van der Waals surface area (Å²) < 4.78 is 25.3. The molecule has 0 bridgehead atoms. The predicted molar refractivity (Wildman–Crippen MR) is 116 cm³/mol. The van der Waals surface area contributed by atoms with Crippen LogP contribution in [-0.4, -0.2) is 55.2 Å². The van der Waals surface area contributed by atoms with Crippen molar-refractivity contribution in [1.82, 2.24) is 14.9 Å². The fourth-order valence-electron chi connectivity index (χ4n) is 4.25. The number of sulfone groups is 1. The van der Waals surface area contributed by atoms with E-state index in [1.807, 2.05) is 12.5 Å². The van der Waals surface area contributed by atoms with Crippen molar-refractivity contribution in [3.63, 3.8) is 0 Å². The average Bonchev–Trinajstić information content (AvgIpc) is 3.27. The quantitative estimate of drug-likeness (QED) is 0.771. The molecular weight excluding hydrogens is 396 g/mol. The van der Waals surface area contributed by atoms with Gasteiger partial charge in [-0.1, -0.05) is 6.07 Å². The Morgan fingerprint density at radius 2 is 2.18 bits per heavy atom. The highest BCUT2D eigenvalue weighted by Gasteiger charge is 2.27. The second-order valence-corrected chi connectivity index (χ2v) is 9.78. The van der Waals surface area contributed by atoms with Crippen LogP contribution in [0, 0.1) is 0 Å². The first-order chi connectivity index (χ1) is 13.1. The van der Waals surface area contributed by atoms with E-state index >= 15 is 0 Å². The Kier molecular flexibility index (Phi) is 6.68. The maximum Gasteiger partial charge on any atom is 0.151 e. The Morgan fingerprint density at radius 1 is 1.32 bits per heavy atom. The molecule has 0 saturated carbocycles. The molecule has 1 fully saturated rings. The lowest BCUT2D eigenvalue weighted by Gasteiger charge is -2.30. The van der Waals surface area contributed by atoms with Crippen LogP contribution in [0.3, 0.4) is 0 Å². The van der Waals surface area contributed by atoms with Crippen LogP contribution in [0.25, 0.3) is 11.3 Å². The molecule has 154 valence electrons. The highest BCUT2D eigenvalue weighted by molar-refractivity contribution is 7.91. The summed E-state index contributed by atoms with van der Waals surface area (Å²) in [5, 5.41) is 3.38. The minimum atomic E-state index is -2.83. The van der Waals surface area contributed by atoms with Gasteiger partial charge >= 0.3 is 0 Å². The molecule has 0 amide bonds. The van der Waals surface area contributed by atoms with Gasteiger partial charge in [0, 0.05) is 43.5 Å². The minimum Gasteiger partial charge on any atom is -0.372 e. The normalized spacial score (nSPS) is 20.6. The van der Waals surface area contributed by atoms with E-state index in [0.717, 1.165) is 44.7 Å². The van der Waals surface area contributed by atoms with Crippen LogP contribution in [0.2, 0.25) is 0 Å². The van der Waals surface area contributed by atoms with Gasteiger partial charge < -0.3 is 14.8 Å². The zero-order chi connectivity index (χ0) is 18.9. The fourth-order valence-corrected chi connectivity index (χ4v) is 5.96. The molecule has 0 spiro atoms. The molecule has 2 aromatic rings. The molecule has 3 heterocycles. The molecule has 8 heteroatoms. The number of rotatable bonds is 6. The average molecular weight is 425 g/mol. The number of fused-ring (bicyclic) bond motifs is 1. The Balaban J connectivity index is 0.00000225. The van der Waals surface area contributed by atoms with Gasteiger partial charge in [-0.2, -0.15) is 0 Å². The van der Waals surface area contributed by atoms with Crippen LogP contribution < -0.4 is 10.2 Å². The highest BCUT2D eigenvalue weighted by atomic mass is 35.5. The number of halogens is 1. The number of imidazole rings is 1. The summed E-state index contributed by atoms with van der Waals surface area (Å²) in [6.45, 7) is 5.93. The molecule has 0 aliphatic carbocycles. The standard InChI is InChI=1S/C20H28N4O2S.ClH/c1-2-23-9-3-4-16-12-17(5-6-19(16)23)20-13-21-15-24(20)10-8-22-18-7-11-27(25,26)14-18;/h5-6,12-13,15,18,22H,2-4,7-11,14H2,1H3;1H. The Hall–Kier alpha value is -1.57. The maximum absolute atomic E-state index is 11.6. The molecule has 1 aromatic heterocycles. The van der Waals surface area contributed by atoms with E-state index in [9.17, 15) is 8.42 Å². The zero-order valence-electron chi connectivity index (χ0n) is 16.3. The molecule has 2 aliphatic rings. The van der Waals surface area contributed by atoms with Crippen LogP contribution in [-0.2, 0) is 22.8 Å². The lowest BCUT2D eigenvalue weighted by molar-refractivity contribution is 0.521. The summed E-state index contributed by atoms with van der Waals surface area (Å²) in [6.07, 6.45) is 6.84. The van der Waals surface area contributed by atoms with Crippen molar-refractivity contribution in [2.24, 2.45) is 0 Å². The second kappa shape index (κ2) is 8.84. The largest absolute Gasteiger partial charge is 0.372 e. The topological polar surface area (TPSA) is 67.2 Å². The van der Waals surface area contributed by atoms with Gasteiger partial charge in [-0.25, -0.2) is 13.4 Å². The first-order valence-corrected chi connectivity index (χ1v) is 11.7. The number of aryl methyl sites for hydroxylation is 1. The first-order valence-electron chi connectivity index (χ1n) is 9.88. The van der Waals surface area contributed by atoms with Crippen molar-refractivity contribution in [3.8, 4) is 11.3 Å². The Labute approximate surface area is 173 Å². The van der Waals surface area contributed by atoms with Crippen molar-refractivity contribution in [2.45, 2.75) is 38.8 Å². The third kappa shape index (κ3) is 4.53. The first kappa shape index (κ1) is 21.1. The molecule has 28 heavy (non-hydrogen) atoms. The number of anilines is 1. The summed E-state index contributed by atoms with van der Waals surface area (Å²) in [7, 11) is -2.83. The number of aromatic nitrogens is 2. The van der Waals surface area contributed by atoms with E-state index in [1.165, 1.54) is 23.2 Å². The molecule has 1 unspecified atom stereocenters. The number of hydrogen-bond acceptors (Lipinski definition) is 5. The number of nitrogens with one attached hydrogen (secondary N) is 1. The van der Waals surface area contributed by atoms with Gasteiger partial charge in [-0.3, -0.25) is 0 Å². The molecule has 6 nitrogen and oxygen atoms in total. The van der Waals surface area contributed by atoms with Crippen molar-refractivity contribution < 1.29 is 8.42 Å². The van der Waals surface area contributed by atoms with Gasteiger partial charge in [0.05, 0.1) is 29.7 Å². The predicted octanol–water partition coefficient (Wildman–Crippen LogP) is 2.52. The van der Waals surface area contributed by atoms with Gasteiger partial charge in [0.2, 0.25) is 0 Å². The van der Waals surface area contributed by atoms with E-state index in [2.05, 4.69) is 44.9 Å². The van der Waals surface area contributed by atoms with E-state index in [0.29, 0.717) is 5.75 Å². The van der Waals surface area contributed by atoms with E-state index < -0.39 is 9.84 Å². The third-order valence-corrected chi connectivity index (χ3v) is 7.47. The smallest absolute Gasteiger partial charge is 0.151 e. The van der Waals surface area contributed by atoms with Crippen LogP contribution in [0.5, 0.6) is 0 Å². The summed E-state index contributed by atoms with van der Waals surface area (Å²) in [5.74, 6) is 0.577. The monoisotopic (exact) mass is 424 g/mol. The van der Waals surface area contributed by atoms with Gasteiger partial charge in [0.25, 0.3) is 0 Å². The van der Waals surface area contributed by atoms with E-state index in [1.54, 1.807) is 0 Å². The SMILES string of the molecule is CCN1CCCc2cc(-c3cncn3CCNC3CCS(=O)(=O)C3)ccc21.Cl. The number of benzene rings is 1. The Bertz CT molecular complexity index is 913. The van der Waals surface area contributed by atoms with Crippen LogP contribution in [0.1, 0.15) is 25.3 Å². The molecular formula is C20H29ClN4O2S. The Morgan fingerprint density at radius 3 is 2.93 bits per heavy atom. The van der Waals surface area contributed by atoms with E-state index in [4.69, 9.17) is 0 Å². The summed E-state index contributed by atoms with van der Waals surface area (Å²) in [4.78, 5) is 6.79. The molecule has 1 saturated heterocycles. The van der Waals surface area contributed by atoms with Gasteiger partial charge in [0.1, 0.15) is 0 Å². The van der Waals surface area contributed by atoms with Crippen molar-refractivity contribution in [2.75, 3.05) is 36.0 Å². The fraction of sp³-hybridized carbons (Fsp3) is 0.550. The molecule has 1 N–H and O–H groups in total. The van der Waals surface area contributed by atoms with Crippen molar-refractivity contribution in [3.05, 3.63) is 36.3 Å². The molecule has 2 aliphatic heterocycles. The summed E-state index contributed by atoms with van der Waals surface area (Å²) >= 11 is 0. The maximum atomic E-state index is 11.6. The van der Waals surface area contributed by atoms with Crippen LogP contribution >= 0.6 is 12.4 Å². The molecule has 1 aromatic carbocycles. The lowest BCUT2D eigenvalue weighted by Crippen LogP contribution is -2.32. The third-order valence-electron chi connectivity index (χ3n) is 5.70. The second-order valence-electron chi connectivity index (χ2n) is 7.55. The molecule has 4 rings (SSSR count). The van der Waals surface area contributed by atoms with Gasteiger partial charge in [-0.15, -0.1) is 12.4 Å². The van der Waals surface area contributed by atoms with Crippen molar-refractivity contribution >= 4 is 27.9 Å². The molecule has 1 atom stereocenters. The van der Waals surface area contributed by atoms with Gasteiger partial charge in [-0.05, 0) is 43.9 Å². The summed E-state index contributed by atoms with van der Waals surface area (Å²) in [5.41, 5.74) is 5.10. The lowest BCUT2D eigenvalue weighted by atomic mass is 9.98. The highest BCUT2D eigenvalue weighted by Crippen LogP contribution is 2.31. The van der Waals surface area contributed by atoms with Crippen molar-refractivity contribution in [1.29, 1.82) is 0 Å². The van der Waals surface area contributed by atoms with E-state index in [-0.39, 0.29) is 24.2 Å². The summed E-state index contributed by atoms with van der Waals surface area (Å²) in [6, 6.07) is 6.83. The minimum absolute atomic E-state index is 0. The van der Waals surface area contributed by atoms with Crippen LogP contribution in [0.15, 0.2) is 30.7 Å². The van der Waals surface area contributed by atoms with Gasteiger partial charge in [0.15, 0.2) is 9.84 Å². The van der Waals surface area contributed by atoms with Crippen LogP contribution in [0.4, 0.5) is 5.69 Å². The molecule has 0 radical (unpaired) electrons. The number of hydrogen-bond donors (Lipinski definition) is 1. The zero-order valence-corrected chi connectivity index (χ0v) is 17.9.